The summed E-state index contributed by atoms with van der Waals surface area (Å²) in [6, 6.07) is 13.0. The van der Waals surface area contributed by atoms with Gasteiger partial charge in [0.2, 0.25) is 11.9 Å². The second-order valence-electron chi connectivity index (χ2n) is 11.0. The molecular formula is C28H35ClN4O2. The van der Waals surface area contributed by atoms with Crippen LogP contribution in [0.15, 0.2) is 36.4 Å². The molecule has 6 nitrogen and oxygen atoms in total. The molecule has 2 aliphatic rings. The average Bonchev–Trinajstić information content (AvgIpc) is 3.47. The Hall–Kier alpha value is -2.57. The van der Waals surface area contributed by atoms with Crippen molar-refractivity contribution in [2.75, 3.05) is 31.2 Å². The molecule has 0 spiro atoms. The van der Waals surface area contributed by atoms with Gasteiger partial charge in [-0.3, -0.25) is 9.36 Å². The minimum atomic E-state index is 0.0347. The number of halogens is 1. The Balaban J connectivity index is 1.43. The number of nitrogens with zero attached hydrogens (tertiary/aromatic N) is 3. The number of carbonyl (C=O) groups excluding carboxylic acids is 1. The molecule has 35 heavy (non-hydrogen) atoms. The lowest BCUT2D eigenvalue weighted by Crippen LogP contribution is -2.44. The van der Waals surface area contributed by atoms with Crippen LogP contribution in [0, 0.1) is 12.8 Å². The summed E-state index contributed by atoms with van der Waals surface area (Å²) >= 11 is 6.46. The average molecular weight is 495 g/mol. The van der Waals surface area contributed by atoms with E-state index >= 15 is 0 Å². The molecule has 1 N–H and O–H groups in total. The van der Waals surface area contributed by atoms with Crippen molar-refractivity contribution in [1.82, 2.24) is 14.9 Å². The Labute approximate surface area is 212 Å². The highest BCUT2D eigenvalue weighted by Gasteiger charge is 2.30. The second-order valence-corrected chi connectivity index (χ2v) is 11.4. The lowest BCUT2D eigenvalue weighted by molar-refractivity contribution is -0.126. The number of hydrogen-bond donors (Lipinski definition) is 1. The van der Waals surface area contributed by atoms with Gasteiger partial charge in [-0.1, -0.05) is 44.5 Å². The Morgan fingerprint density at radius 2 is 1.83 bits per heavy atom. The highest BCUT2D eigenvalue weighted by atomic mass is 35.5. The number of fused-ring (bicyclic) bond motifs is 1. The van der Waals surface area contributed by atoms with Gasteiger partial charge in [0, 0.05) is 36.3 Å². The lowest BCUT2D eigenvalue weighted by atomic mass is 9.87. The zero-order valence-corrected chi connectivity index (χ0v) is 21.9. The van der Waals surface area contributed by atoms with Gasteiger partial charge in [0.15, 0.2) is 0 Å². The highest BCUT2D eigenvalue weighted by molar-refractivity contribution is 6.32. The van der Waals surface area contributed by atoms with E-state index in [1.807, 2.05) is 13.0 Å². The number of carbonyl (C=O) groups is 1. The molecule has 2 aliphatic heterocycles. The van der Waals surface area contributed by atoms with Crippen molar-refractivity contribution < 1.29 is 9.53 Å². The van der Waals surface area contributed by atoms with E-state index in [-0.39, 0.29) is 23.3 Å². The monoisotopic (exact) mass is 494 g/mol. The Bertz CT molecular complexity index is 1210. The molecule has 1 unspecified atom stereocenters. The van der Waals surface area contributed by atoms with Crippen molar-refractivity contribution in [3.05, 3.63) is 52.5 Å². The van der Waals surface area contributed by atoms with Crippen molar-refractivity contribution in [2.24, 2.45) is 5.92 Å². The van der Waals surface area contributed by atoms with Gasteiger partial charge in [-0.2, -0.15) is 0 Å². The number of anilines is 1. The van der Waals surface area contributed by atoms with E-state index in [4.69, 9.17) is 21.3 Å². The van der Waals surface area contributed by atoms with Gasteiger partial charge in [0.25, 0.3) is 0 Å². The van der Waals surface area contributed by atoms with Crippen molar-refractivity contribution >= 4 is 34.5 Å². The van der Waals surface area contributed by atoms with E-state index in [1.54, 1.807) is 0 Å². The van der Waals surface area contributed by atoms with Crippen LogP contribution >= 0.6 is 11.6 Å². The zero-order chi connectivity index (χ0) is 24.7. The minimum absolute atomic E-state index is 0.0347. The summed E-state index contributed by atoms with van der Waals surface area (Å²) in [7, 11) is 0. The molecule has 186 valence electrons. The first-order valence-corrected chi connectivity index (χ1v) is 13.0. The molecule has 0 aliphatic carbocycles. The number of nitrogens with one attached hydrogen (secondary N) is 1. The van der Waals surface area contributed by atoms with Crippen molar-refractivity contribution in [3.63, 3.8) is 0 Å². The third-order valence-electron chi connectivity index (χ3n) is 7.33. The summed E-state index contributed by atoms with van der Waals surface area (Å²) < 4.78 is 7.64. The molecule has 1 atom stereocenters. The lowest BCUT2D eigenvalue weighted by Gasteiger charge is -2.33. The van der Waals surface area contributed by atoms with Crippen LogP contribution in [0.2, 0.25) is 5.02 Å². The van der Waals surface area contributed by atoms with Crippen molar-refractivity contribution in [2.45, 2.75) is 58.4 Å². The molecule has 1 amide bonds. The van der Waals surface area contributed by atoms with Crippen LogP contribution in [-0.2, 0) is 14.9 Å². The first-order chi connectivity index (χ1) is 16.7. The molecule has 3 heterocycles. The van der Waals surface area contributed by atoms with Gasteiger partial charge >= 0.3 is 0 Å². The topological polar surface area (TPSA) is 59.4 Å². The molecule has 3 aromatic rings. The van der Waals surface area contributed by atoms with E-state index < -0.39 is 0 Å². The number of benzene rings is 2. The van der Waals surface area contributed by atoms with Crippen LogP contribution in [0.25, 0.3) is 16.7 Å². The molecule has 0 radical (unpaired) electrons. The molecule has 5 rings (SSSR count). The maximum absolute atomic E-state index is 12.8. The van der Waals surface area contributed by atoms with Crippen molar-refractivity contribution in [3.8, 4) is 5.69 Å². The van der Waals surface area contributed by atoms with Crippen molar-refractivity contribution in [1.29, 1.82) is 0 Å². The predicted octanol–water partition coefficient (Wildman–Crippen LogP) is 5.41. The van der Waals surface area contributed by atoms with Crippen LogP contribution in [-0.4, -0.2) is 47.8 Å². The minimum Gasteiger partial charge on any atom is -0.379 e. The van der Waals surface area contributed by atoms with E-state index in [0.717, 1.165) is 72.2 Å². The van der Waals surface area contributed by atoms with Gasteiger partial charge in [-0.25, -0.2) is 4.98 Å². The number of piperidine rings is 1. The molecular weight excluding hydrogens is 460 g/mol. The van der Waals surface area contributed by atoms with E-state index in [1.165, 1.54) is 5.56 Å². The Kier molecular flexibility index (Phi) is 6.53. The van der Waals surface area contributed by atoms with Gasteiger partial charge in [0.05, 0.1) is 23.7 Å². The van der Waals surface area contributed by atoms with E-state index in [9.17, 15) is 4.79 Å². The smallest absolute Gasteiger partial charge is 0.223 e. The summed E-state index contributed by atoms with van der Waals surface area (Å²) in [5.74, 6) is 1.11. The predicted molar refractivity (Wildman–Crippen MR) is 142 cm³/mol. The highest BCUT2D eigenvalue weighted by Crippen LogP contribution is 2.33. The number of rotatable bonds is 4. The fraction of sp³-hybridized carbons (Fsp3) is 0.500. The molecule has 1 aromatic heterocycles. The number of ether oxygens (including phenoxy) is 1. The van der Waals surface area contributed by atoms with Crippen LogP contribution in [0.5, 0.6) is 0 Å². The molecule has 2 saturated heterocycles. The van der Waals surface area contributed by atoms with Gasteiger partial charge < -0.3 is 15.0 Å². The van der Waals surface area contributed by atoms with Gasteiger partial charge in [0.1, 0.15) is 0 Å². The molecule has 2 aromatic carbocycles. The fourth-order valence-electron chi connectivity index (χ4n) is 5.08. The molecule has 0 bridgehead atoms. The largest absolute Gasteiger partial charge is 0.379 e. The quantitative estimate of drug-likeness (QED) is 0.527. The van der Waals surface area contributed by atoms with Crippen LogP contribution in [0.4, 0.5) is 5.95 Å². The maximum Gasteiger partial charge on any atom is 0.223 e. The molecule has 7 heteroatoms. The first-order valence-electron chi connectivity index (χ1n) is 12.6. The third-order valence-corrected chi connectivity index (χ3v) is 7.74. The zero-order valence-electron chi connectivity index (χ0n) is 21.1. The van der Waals surface area contributed by atoms with Crippen LogP contribution in [0.3, 0.4) is 0 Å². The van der Waals surface area contributed by atoms with Crippen LogP contribution < -0.4 is 10.2 Å². The van der Waals surface area contributed by atoms with E-state index in [0.29, 0.717) is 6.61 Å². The summed E-state index contributed by atoms with van der Waals surface area (Å²) in [6.07, 6.45) is 2.53. The Morgan fingerprint density at radius 3 is 2.46 bits per heavy atom. The third kappa shape index (κ3) is 4.91. The van der Waals surface area contributed by atoms with E-state index in [2.05, 4.69) is 65.9 Å². The number of imidazole rings is 1. The second kappa shape index (κ2) is 9.47. The Morgan fingerprint density at radius 1 is 1.11 bits per heavy atom. The molecule has 0 saturated carbocycles. The normalized spacial score (nSPS) is 19.5. The number of hydrogen-bond acceptors (Lipinski definition) is 4. The number of aromatic nitrogens is 2. The SMILES string of the molecule is Cc1cc2c(cc1Cl)nc(N1CCC(C(=O)NC3CCOC3)CC1)n2-c1ccc(C(C)(C)C)cc1. The summed E-state index contributed by atoms with van der Waals surface area (Å²) in [5, 5.41) is 3.90. The van der Waals surface area contributed by atoms with Gasteiger partial charge in [-0.15, -0.1) is 0 Å². The van der Waals surface area contributed by atoms with Gasteiger partial charge in [-0.05, 0) is 67.0 Å². The first kappa shape index (κ1) is 24.1. The van der Waals surface area contributed by atoms with Crippen LogP contribution in [0.1, 0.15) is 51.2 Å². The maximum atomic E-state index is 12.8. The summed E-state index contributed by atoms with van der Waals surface area (Å²) in [4.78, 5) is 20.1. The fourth-order valence-corrected chi connectivity index (χ4v) is 5.23. The summed E-state index contributed by atoms with van der Waals surface area (Å²) in [5.41, 5.74) is 5.44. The standard InChI is InChI=1S/C28H35ClN4O2/c1-18-15-25-24(16-23(18)29)31-27(33(25)22-7-5-20(6-8-22)28(2,3)4)32-12-9-19(10-13-32)26(34)30-21-11-14-35-17-21/h5-8,15-16,19,21H,9-14,17H2,1-4H3,(H,30,34). The number of amides is 1. The molecule has 2 fully saturated rings. The summed E-state index contributed by atoms with van der Waals surface area (Å²) in [6.45, 7) is 11.7. The number of aryl methyl sites for hydroxylation is 1.